The van der Waals surface area contributed by atoms with Gasteiger partial charge >= 0.3 is 6.09 Å². The standard InChI is InChI=1S/C18H25N3O3S/c1-18(2,3)24-17(22)21-9-5-6-12(11-21)19-16-20-14-8-7-13(23-4)10-15(14)25-16/h7-8,10,12H,5-6,9,11H2,1-4H3,(H,19,20)/t12-/m1/s1. The van der Waals surface area contributed by atoms with Gasteiger partial charge in [-0.2, -0.15) is 0 Å². The van der Waals surface area contributed by atoms with E-state index in [1.165, 1.54) is 0 Å². The van der Waals surface area contributed by atoms with Gasteiger partial charge in [0, 0.05) is 19.1 Å². The molecule has 0 saturated carbocycles. The third-order valence-electron chi connectivity index (χ3n) is 4.00. The number of carbonyl (C=O) groups excluding carboxylic acids is 1. The number of fused-ring (bicyclic) bond motifs is 1. The van der Waals surface area contributed by atoms with Gasteiger partial charge in [-0.3, -0.25) is 0 Å². The molecule has 1 fully saturated rings. The summed E-state index contributed by atoms with van der Waals surface area (Å²) >= 11 is 1.60. The second-order valence-electron chi connectivity index (χ2n) is 7.26. The Morgan fingerprint density at radius 3 is 2.92 bits per heavy atom. The first-order chi connectivity index (χ1) is 11.8. The van der Waals surface area contributed by atoms with Crippen LogP contribution in [0.4, 0.5) is 9.93 Å². The molecule has 7 heteroatoms. The number of nitrogens with zero attached hydrogens (tertiary/aromatic N) is 2. The lowest BCUT2D eigenvalue weighted by Gasteiger charge is -2.34. The number of ether oxygens (including phenoxy) is 2. The quantitative estimate of drug-likeness (QED) is 0.889. The Balaban J connectivity index is 1.65. The fraction of sp³-hybridized carbons (Fsp3) is 0.556. The van der Waals surface area contributed by atoms with Gasteiger partial charge in [0.2, 0.25) is 0 Å². The largest absolute Gasteiger partial charge is 0.497 e. The topological polar surface area (TPSA) is 63.7 Å². The number of methoxy groups -OCH3 is 1. The van der Waals surface area contributed by atoms with Crippen molar-refractivity contribution in [3.8, 4) is 5.75 Å². The fourth-order valence-corrected chi connectivity index (χ4v) is 3.83. The highest BCUT2D eigenvalue weighted by atomic mass is 32.1. The van der Waals surface area contributed by atoms with Crippen LogP contribution in [0.5, 0.6) is 5.75 Å². The van der Waals surface area contributed by atoms with Crippen LogP contribution in [0.25, 0.3) is 10.2 Å². The smallest absolute Gasteiger partial charge is 0.410 e. The number of thiazole rings is 1. The van der Waals surface area contributed by atoms with Gasteiger partial charge in [0.15, 0.2) is 5.13 Å². The van der Waals surface area contributed by atoms with E-state index in [4.69, 9.17) is 9.47 Å². The summed E-state index contributed by atoms with van der Waals surface area (Å²) in [5.74, 6) is 0.830. The number of anilines is 1. The molecular weight excluding hydrogens is 338 g/mol. The molecule has 136 valence electrons. The first-order valence-corrected chi connectivity index (χ1v) is 9.35. The highest BCUT2D eigenvalue weighted by Crippen LogP contribution is 2.30. The zero-order chi connectivity index (χ0) is 18.0. The van der Waals surface area contributed by atoms with Crippen molar-refractivity contribution >= 4 is 32.8 Å². The molecule has 6 nitrogen and oxygen atoms in total. The van der Waals surface area contributed by atoms with Crippen molar-refractivity contribution in [3.05, 3.63) is 18.2 Å². The number of likely N-dealkylation sites (tertiary alicyclic amines) is 1. The Labute approximate surface area is 152 Å². The average Bonchev–Trinajstić information content (AvgIpc) is 2.94. The monoisotopic (exact) mass is 363 g/mol. The Morgan fingerprint density at radius 1 is 1.40 bits per heavy atom. The minimum atomic E-state index is -0.469. The summed E-state index contributed by atoms with van der Waals surface area (Å²) in [4.78, 5) is 18.7. The lowest BCUT2D eigenvalue weighted by atomic mass is 10.1. The van der Waals surface area contributed by atoms with Crippen LogP contribution in [-0.4, -0.2) is 47.8 Å². The summed E-state index contributed by atoms with van der Waals surface area (Å²) in [6.07, 6.45) is 1.72. The van der Waals surface area contributed by atoms with E-state index in [0.29, 0.717) is 6.54 Å². The minimum absolute atomic E-state index is 0.184. The molecule has 0 radical (unpaired) electrons. The molecule has 0 unspecified atom stereocenters. The third-order valence-corrected chi connectivity index (χ3v) is 4.95. The van der Waals surface area contributed by atoms with Crippen LogP contribution in [0.1, 0.15) is 33.6 Å². The summed E-state index contributed by atoms with van der Waals surface area (Å²) in [5, 5.41) is 4.35. The van der Waals surface area contributed by atoms with E-state index in [1.807, 2.05) is 39.0 Å². The van der Waals surface area contributed by atoms with Crippen LogP contribution in [0.3, 0.4) is 0 Å². The maximum atomic E-state index is 12.3. The number of benzene rings is 1. The molecule has 0 bridgehead atoms. The molecule has 1 aromatic carbocycles. The SMILES string of the molecule is COc1ccc2nc(N[C@@H]3CCCN(C(=O)OC(C)(C)C)C3)sc2c1. The maximum Gasteiger partial charge on any atom is 0.410 e. The molecular formula is C18H25N3O3S. The van der Waals surface area contributed by atoms with Gasteiger partial charge in [-0.15, -0.1) is 0 Å². The minimum Gasteiger partial charge on any atom is -0.497 e. The van der Waals surface area contributed by atoms with Gasteiger partial charge in [0.1, 0.15) is 11.4 Å². The van der Waals surface area contributed by atoms with Crippen LogP contribution in [0.2, 0.25) is 0 Å². The van der Waals surface area contributed by atoms with Gasteiger partial charge in [0.05, 0.1) is 17.3 Å². The normalized spacial score (nSPS) is 18.2. The first-order valence-electron chi connectivity index (χ1n) is 8.53. The highest BCUT2D eigenvalue weighted by molar-refractivity contribution is 7.22. The van der Waals surface area contributed by atoms with Gasteiger partial charge in [-0.05, 0) is 51.8 Å². The number of carbonyl (C=O) groups is 1. The van der Waals surface area contributed by atoms with Gasteiger partial charge in [0.25, 0.3) is 0 Å². The van der Waals surface area contributed by atoms with Gasteiger partial charge in [-0.1, -0.05) is 11.3 Å². The summed E-state index contributed by atoms with van der Waals surface area (Å²) in [5.41, 5.74) is 0.483. The number of aromatic nitrogens is 1. The van der Waals surface area contributed by atoms with Crippen molar-refractivity contribution in [3.63, 3.8) is 0 Å². The molecule has 0 aliphatic carbocycles. The number of nitrogens with one attached hydrogen (secondary N) is 1. The number of piperidine rings is 1. The van der Waals surface area contributed by atoms with E-state index in [9.17, 15) is 4.79 Å². The molecule has 1 aliphatic heterocycles. The van der Waals surface area contributed by atoms with Crippen molar-refractivity contribution in [1.29, 1.82) is 0 Å². The molecule has 1 aromatic heterocycles. The molecule has 2 heterocycles. The molecule has 1 saturated heterocycles. The van der Waals surface area contributed by atoms with E-state index in [2.05, 4.69) is 10.3 Å². The molecule has 1 atom stereocenters. The Morgan fingerprint density at radius 2 is 2.20 bits per heavy atom. The number of rotatable bonds is 3. The first kappa shape index (κ1) is 17.8. The molecule has 1 N–H and O–H groups in total. The van der Waals surface area contributed by atoms with E-state index >= 15 is 0 Å². The van der Waals surface area contributed by atoms with E-state index in [0.717, 1.165) is 40.5 Å². The van der Waals surface area contributed by atoms with E-state index in [1.54, 1.807) is 23.3 Å². The summed E-state index contributed by atoms with van der Waals surface area (Å²) in [6, 6.07) is 6.05. The zero-order valence-electron chi connectivity index (χ0n) is 15.2. The fourth-order valence-electron chi connectivity index (χ4n) is 2.86. The summed E-state index contributed by atoms with van der Waals surface area (Å²) < 4.78 is 11.8. The lowest BCUT2D eigenvalue weighted by molar-refractivity contribution is 0.0206. The van der Waals surface area contributed by atoms with Crippen molar-refractivity contribution in [2.75, 3.05) is 25.5 Å². The highest BCUT2D eigenvalue weighted by Gasteiger charge is 2.28. The molecule has 0 spiro atoms. The second-order valence-corrected chi connectivity index (χ2v) is 8.29. The van der Waals surface area contributed by atoms with Crippen molar-refractivity contribution in [1.82, 2.24) is 9.88 Å². The van der Waals surface area contributed by atoms with Crippen LogP contribution < -0.4 is 10.1 Å². The molecule has 3 rings (SSSR count). The number of hydrogen-bond donors (Lipinski definition) is 1. The average molecular weight is 363 g/mol. The van der Waals surface area contributed by atoms with Crippen LogP contribution in [0, 0.1) is 0 Å². The molecule has 2 aromatic rings. The van der Waals surface area contributed by atoms with Crippen molar-refractivity contribution < 1.29 is 14.3 Å². The predicted octanol–water partition coefficient (Wildman–Crippen LogP) is 4.12. The summed E-state index contributed by atoms with van der Waals surface area (Å²) in [6.45, 7) is 7.04. The van der Waals surface area contributed by atoms with E-state index in [-0.39, 0.29) is 12.1 Å². The lowest BCUT2D eigenvalue weighted by Crippen LogP contribution is -2.46. The van der Waals surface area contributed by atoms with Crippen LogP contribution >= 0.6 is 11.3 Å². The Hall–Kier alpha value is -2.02. The third kappa shape index (κ3) is 4.54. The van der Waals surface area contributed by atoms with E-state index < -0.39 is 5.60 Å². The Bertz CT molecular complexity index is 754. The summed E-state index contributed by atoms with van der Waals surface area (Å²) in [7, 11) is 1.66. The number of amides is 1. The zero-order valence-corrected chi connectivity index (χ0v) is 16.0. The van der Waals surface area contributed by atoms with Crippen LogP contribution in [-0.2, 0) is 4.74 Å². The predicted molar refractivity (Wildman–Crippen MR) is 101 cm³/mol. The molecule has 1 aliphatic rings. The van der Waals surface area contributed by atoms with Gasteiger partial charge < -0.3 is 19.7 Å². The van der Waals surface area contributed by atoms with Gasteiger partial charge in [-0.25, -0.2) is 9.78 Å². The maximum absolute atomic E-state index is 12.3. The molecule has 25 heavy (non-hydrogen) atoms. The molecule has 1 amide bonds. The van der Waals surface area contributed by atoms with Crippen molar-refractivity contribution in [2.24, 2.45) is 0 Å². The van der Waals surface area contributed by atoms with Crippen molar-refractivity contribution in [2.45, 2.75) is 45.3 Å². The van der Waals surface area contributed by atoms with Crippen LogP contribution in [0.15, 0.2) is 18.2 Å². The number of hydrogen-bond acceptors (Lipinski definition) is 6. The second kappa shape index (κ2) is 7.07. The Kier molecular flexibility index (Phi) is 5.03.